The fourth-order valence-corrected chi connectivity index (χ4v) is 3.20. The predicted molar refractivity (Wildman–Crippen MR) is 113 cm³/mol. The Balaban J connectivity index is 1.89. The summed E-state index contributed by atoms with van der Waals surface area (Å²) < 4.78 is 0. The van der Waals surface area contributed by atoms with Crippen LogP contribution in [0.25, 0.3) is 0 Å². The number of nitrogens with zero attached hydrogens (tertiary/aromatic N) is 2. The van der Waals surface area contributed by atoms with Gasteiger partial charge in [-0.15, -0.1) is 0 Å². The molecule has 0 radical (unpaired) electrons. The van der Waals surface area contributed by atoms with Gasteiger partial charge < -0.3 is 20.6 Å². The molecule has 2 aromatic rings. The summed E-state index contributed by atoms with van der Waals surface area (Å²) in [4.78, 5) is 38.9. The molecule has 2 aromatic carbocycles. The number of carbonyl (C=O) groups excluding carboxylic acids is 2. The summed E-state index contributed by atoms with van der Waals surface area (Å²) in [7, 11) is 1.60. The van der Waals surface area contributed by atoms with Crippen LogP contribution < -0.4 is 10.6 Å². The zero-order valence-corrected chi connectivity index (χ0v) is 16.7. The summed E-state index contributed by atoms with van der Waals surface area (Å²) in [6.07, 6.45) is 0.586. The van der Waals surface area contributed by atoms with Crippen LogP contribution in [0.2, 0.25) is 0 Å². The third-order valence-electron chi connectivity index (χ3n) is 4.91. The number of hydrogen-bond donors (Lipinski definition) is 2. The number of fused-ring (bicyclic) bond motifs is 1. The molecule has 0 aliphatic carbocycles. The minimum absolute atomic E-state index is 0.0295. The van der Waals surface area contributed by atoms with E-state index in [-0.39, 0.29) is 31.3 Å². The summed E-state index contributed by atoms with van der Waals surface area (Å²) in [6, 6.07) is 12.9. The lowest BCUT2D eigenvalue weighted by molar-refractivity contribution is -0.137. The quantitative estimate of drug-likeness (QED) is 0.734. The number of amides is 2. The minimum atomic E-state index is -1.02. The van der Waals surface area contributed by atoms with E-state index in [0.717, 1.165) is 17.5 Å². The smallest absolute Gasteiger partial charge is 0.305 e. The molecule has 0 fully saturated rings. The molecule has 1 heterocycles. The standard InChI is InChI=1S/C23H23N3O4/c1-25-20-9-8-18(7-6-16-2-4-17(5-3-16)10-12-24)14-19(20)23(30)26(15-21(25)27)13-11-22(28)29/h2-5,8-9,14H,10-13,15,24H2,1H3,(H,28,29). The van der Waals surface area contributed by atoms with Crippen molar-refractivity contribution in [3.63, 3.8) is 0 Å². The van der Waals surface area contributed by atoms with Crippen molar-refractivity contribution in [3.8, 4) is 11.8 Å². The van der Waals surface area contributed by atoms with Crippen LogP contribution in [0.4, 0.5) is 5.69 Å². The van der Waals surface area contributed by atoms with Crippen LogP contribution in [0.3, 0.4) is 0 Å². The summed E-state index contributed by atoms with van der Waals surface area (Å²) in [6.45, 7) is 0.403. The molecule has 0 unspecified atom stereocenters. The highest BCUT2D eigenvalue weighted by atomic mass is 16.4. The molecule has 0 aromatic heterocycles. The Labute approximate surface area is 175 Å². The second kappa shape index (κ2) is 9.25. The molecule has 7 heteroatoms. The van der Waals surface area contributed by atoms with E-state index in [0.29, 0.717) is 23.4 Å². The molecule has 0 saturated heterocycles. The molecular formula is C23H23N3O4. The van der Waals surface area contributed by atoms with Crippen molar-refractivity contribution in [2.75, 3.05) is 31.6 Å². The zero-order valence-electron chi connectivity index (χ0n) is 16.7. The van der Waals surface area contributed by atoms with Crippen molar-refractivity contribution in [3.05, 3.63) is 64.7 Å². The van der Waals surface area contributed by atoms with Gasteiger partial charge in [0.05, 0.1) is 17.7 Å². The van der Waals surface area contributed by atoms with Crippen LogP contribution in [0.5, 0.6) is 0 Å². The Bertz CT molecular complexity index is 1030. The van der Waals surface area contributed by atoms with Crippen LogP contribution in [0.1, 0.15) is 33.5 Å². The topological polar surface area (TPSA) is 104 Å². The molecule has 3 rings (SSSR count). The first kappa shape index (κ1) is 21.1. The van der Waals surface area contributed by atoms with Gasteiger partial charge in [-0.2, -0.15) is 0 Å². The second-order valence-corrected chi connectivity index (χ2v) is 7.04. The first-order chi connectivity index (χ1) is 14.4. The van der Waals surface area contributed by atoms with Crippen molar-refractivity contribution in [2.45, 2.75) is 12.8 Å². The third kappa shape index (κ3) is 4.85. The Morgan fingerprint density at radius 1 is 1.10 bits per heavy atom. The van der Waals surface area contributed by atoms with Crippen LogP contribution in [0.15, 0.2) is 42.5 Å². The fourth-order valence-electron chi connectivity index (χ4n) is 3.20. The van der Waals surface area contributed by atoms with Gasteiger partial charge in [-0.3, -0.25) is 14.4 Å². The maximum atomic E-state index is 13.0. The van der Waals surface area contributed by atoms with Gasteiger partial charge in [-0.05, 0) is 48.9 Å². The Morgan fingerprint density at radius 3 is 2.43 bits per heavy atom. The van der Waals surface area contributed by atoms with Gasteiger partial charge in [-0.25, -0.2) is 0 Å². The Morgan fingerprint density at radius 2 is 1.77 bits per heavy atom. The minimum Gasteiger partial charge on any atom is -0.481 e. The summed E-state index contributed by atoms with van der Waals surface area (Å²) in [5, 5.41) is 8.93. The lowest BCUT2D eigenvalue weighted by Gasteiger charge is -2.18. The van der Waals surface area contributed by atoms with E-state index in [1.54, 1.807) is 25.2 Å². The molecule has 30 heavy (non-hydrogen) atoms. The van der Waals surface area contributed by atoms with E-state index in [2.05, 4.69) is 11.8 Å². The average molecular weight is 405 g/mol. The van der Waals surface area contributed by atoms with E-state index in [4.69, 9.17) is 10.8 Å². The van der Waals surface area contributed by atoms with Crippen molar-refractivity contribution >= 4 is 23.5 Å². The molecule has 0 spiro atoms. The van der Waals surface area contributed by atoms with E-state index in [1.807, 2.05) is 24.3 Å². The summed E-state index contributed by atoms with van der Waals surface area (Å²) >= 11 is 0. The molecule has 0 bridgehead atoms. The Kier molecular flexibility index (Phi) is 6.50. The number of hydrogen-bond acceptors (Lipinski definition) is 4. The van der Waals surface area contributed by atoms with Crippen LogP contribution >= 0.6 is 0 Å². The fraction of sp³-hybridized carbons (Fsp3) is 0.261. The highest BCUT2D eigenvalue weighted by Crippen LogP contribution is 2.26. The molecule has 154 valence electrons. The number of rotatable bonds is 5. The lowest BCUT2D eigenvalue weighted by Crippen LogP contribution is -2.38. The Hall–Kier alpha value is -3.63. The largest absolute Gasteiger partial charge is 0.481 e. The lowest BCUT2D eigenvalue weighted by atomic mass is 10.1. The van der Waals surface area contributed by atoms with Crippen molar-refractivity contribution in [2.24, 2.45) is 5.73 Å². The number of benzene rings is 2. The molecule has 3 N–H and O–H groups in total. The van der Waals surface area contributed by atoms with Gasteiger partial charge in [0, 0.05) is 24.7 Å². The molecule has 1 aliphatic heterocycles. The third-order valence-corrected chi connectivity index (χ3v) is 4.91. The maximum absolute atomic E-state index is 13.0. The van der Waals surface area contributed by atoms with Gasteiger partial charge >= 0.3 is 5.97 Å². The summed E-state index contributed by atoms with van der Waals surface area (Å²) in [5.74, 6) is 4.45. The predicted octanol–water partition coefficient (Wildman–Crippen LogP) is 1.48. The van der Waals surface area contributed by atoms with Crippen LogP contribution in [-0.2, 0) is 16.0 Å². The summed E-state index contributed by atoms with van der Waals surface area (Å²) in [5.41, 5.74) is 9.00. The molecule has 0 saturated carbocycles. The molecule has 2 amide bonds. The number of carboxylic acids is 1. The zero-order chi connectivity index (χ0) is 21.7. The number of anilines is 1. The van der Waals surface area contributed by atoms with Crippen molar-refractivity contribution in [1.82, 2.24) is 4.90 Å². The molecule has 7 nitrogen and oxygen atoms in total. The first-order valence-corrected chi connectivity index (χ1v) is 9.61. The number of aliphatic carboxylic acids is 1. The van der Waals surface area contributed by atoms with Crippen molar-refractivity contribution < 1.29 is 19.5 Å². The van der Waals surface area contributed by atoms with E-state index >= 15 is 0 Å². The average Bonchev–Trinajstić information content (AvgIpc) is 2.82. The first-order valence-electron chi connectivity index (χ1n) is 9.61. The number of likely N-dealkylation sites (N-methyl/N-ethyl adjacent to an activating group) is 1. The number of carbonyl (C=O) groups is 3. The van der Waals surface area contributed by atoms with Crippen molar-refractivity contribution in [1.29, 1.82) is 0 Å². The van der Waals surface area contributed by atoms with Gasteiger partial charge in [-0.1, -0.05) is 24.0 Å². The molecule has 0 atom stereocenters. The van der Waals surface area contributed by atoms with Gasteiger partial charge in [0.15, 0.2) is 0 Å². The SMILES string of the molecule is CN1C(=O)CN(CCC(=O)O)C(=O)c2cc(C#Cc3ccc(CCN)cc3)ccc21. The van der Waals surface area contributed by atoms with Gasteiger partial charge in [0.2, 0.25) is 5.91 Å². The molecular weight excluding hydrogens is 382 g/mol. The highest BCUT2D eigenvalue weighted by Gasteiger charge is 2.30. The number of carboxylic acid groups (broad SMARTS) is 1. The van der Waals surface area contributed by atoms with E-state index < -0.39 is 5.97 Å². The van der Waals surface area contributed by atoms with Gasteiger partial charge in [0.1, 0.15) is 6.54 Å². The molecule has 1 aliphatic rings. The maximum Gasteiger partial charge on any atom is 0.305 e. The monoisotopic (exact) mass is 405 g/mol. The van der Waals surface area contributed by atoms with Gasteiger partial charge in [0.25, 0.3) is 5.91 Å². The van der Waals surface area contributed by atoms with Crippen LogP contribution in [0, 0.1) is 11.8 Å². The van der Waals surface area contributed by atoms with E-state index in [9.17, 15) is 14.4 Å². The second-order valence-electron chi connectivity index (χ2n) is 7.04. The van der Waals surface area contributed by atoms with Crippen LogP contribution in [-0.4, -0.2) is 54.5 Å². The normalized spacial score (nSPS) is 13.4. The highest BCUT2D eigenvalue weighted by molar-refractivity contribution is 6.09. The van der Waals surface area contributed by atoms with E-state index in [1.165, 1.54) is 9.80 Å². The number of nitrogens with two attached hydrogens (primary N) is 1.